The normalized spacial score (nSPS) is 18.6. The SMILES string of the molecule is O=C1N=C2c3ccccc3N=C(SCC(=O)N3CCN(c4ccccc4F)CC3)N2C1Cc1ccccc1. The number of halogens is 1. The Morgan fingerprint density at radius 1 is 0.895 bits per heavy atom. The molecular weight excluding hydrogens is 501 g/mol. The van der Waals surface area contributed by atoms with Gasteiger partial charge in [-0.25, -0.2) is 9.38 Å². The van der Waals surface area contributed by atoms with Gasteiger partial charge < -0.3 is 9.80 Å². The van der Waals surface area contributed by atoms with Crippen LogP contribution in [0.5, 0.6) is 0 Å². The van der Waals surface area contributed by atoms with Crippen LogP contribution in [0.4, 0.5) is 15.8 Å². The van der Waals surface area contributed by atoms with Gasteiger partial charge in [-0.3, -0.25) is 14.5 Å². The molecule has 3 aliphatic heterocycles. The number of benzene rings is 3. The summed E-state index contributed by atoms with van der Waals surface area (Å²) in [5.41, 5.74) is 3.16. The van der Waals surface area contributed by atoms with Gasteiger partial charge in [-0.15, -0.1) is 0 Å². The number of carbonyl (C=O) groups excluding carboxylic acids is 2. The summed E-state index contributed by atoms with van der Waals surface area (Å²) in [7, 11) is 0. The Morgan fingerprint density at radius 3 is 2.39 bits per heavy atom. The van der Waals surface area contributed by atoms with Crippen LogP contribution in [0.2, 0.25) is 0 Å². The first-order chi connectivity index (χ1) is 18.6. The number of anilines is 1. The number of amidine groups is 2. The Kier molecular flexibility index (Phi) is 6.68. The van der Waals surface area contributed by atoms with Crippen molar-refractivity contribution in [2.24, 2.45) is 9.98 Å². The largest absolute Gasteiger partial charge is 0.366 e. The quantitative estimate of drug-likeness (QED) is 0.500. The maximum absolute atomic E-state index is 14.2. The van der Waals surface area contributed by atoms with Gasteiger partial charge in [0.1, 0.15) is 17.7 Å². The van der Waals surface area contributed by atoms with E-state index in [9.17, 15) is 14.0 Å². The number of piperazine rings is 1. The monoisotopic (exact) mass is 527 g/mol. The van der Waals surface area contributed by atoms with Crippen LogP contribution in [-0.2, 0) is 16.0 Å². The number of fused-ring (bicyclic) bond motifs is 3. The molecule has 1 unspecified atom stereocenters. The van der Waals surface area contributed by atoms with E-state index in [0.29, 0.717) is 49.3 Å². The summed E-state index contributed by atoms with van der Waals surface area (Å²) in [6.45, 7) is 2.19. The molecule has 0 bridgehead atoms. The van der Waals surface area contributed by atoms with Crippen LogP contribution >= 0.6 is 11.8 Å². The molecule has 192 valence electrons. The molecule has 3 aromatic carbocycles. The predicted octanol–water partition coefficient (Wildman–Crippen LogP) is 4.11. The number of rotatable bonds is 5. The summed E-state index contributed by atoms with van der Waals surface area (Å²) in [6, 6.07) is 23.7. The van der Waals surface area contributed by atoms with E-state index in [1.807, 2.05) is 75.4 Å². The molecule has 7 nitrogen and oxygen atoms in total. The van der Waals surface area contributed by atoms with Gasteiger partial charge in [0.2, 0.25) is 5.91 Å². The van der Waals surface area contributed by atoms with Gasteiger partial charge in [0.25, 0.3) is 5.91 Å². The van der Waals surface area contributed by atoms with E-state index in [0.717, 1.165) is 16.8 Å². The molecule has 3 heterocycles. The highest BCUT2D eigenvalue weighted by Gasteiger charge is 2.42. The minimum Gasteiger partial charge on any atom is -0.366 e. The van der Waals surface area contributed by atoms with E-state index < -0.39 is 6.04 Å². The first kappa shape index (κ1) is 24.4. The zero-order valence-electron chi connectivity index (χ0n) is 20.7. The first-order valence-corrected chi connectivity index (χ1v) is 13.6. The highest BCUT2D eigenvalue weighted by atomic mass is 32.2. The molecular formula is C29H26FN5O2S. The van der Waals surface area contributed by atoms with Gasteiger partial charge in [0, 0.05) is 38.2 Å². The second-order valence-corrected chi connectivity index (χ2v) is 10.3. The maximum atomic E-state index is 14.2. The van der Waals surface area contributed by atoms with Crippen molar-refractivity contribution in [2.75, 3.05) is 36.8 Å². The van der Waals surface area contributed by atoms with Crippen LogP contribution in [0.3, 0.4) is 0 Å². The van der Waals surface area contributed by atoms with E-state index in [1.54, 1.807) is 12.1 Å². The van der Waals surface area contributed by atoms with Crippen LogP contribution < -0.4 is 4.90 Å². The number of para-hydroxylation sites is 2. The maximum Gasteiger partial charge on any atom is 0.271 e. The number of aliphatic imine (C=N–C) groups is 2. The van der Waals surface area contributed by atoms with Gasteiger partial charge in [-0.05, 0) is 29.8 Å². The van der Waals surface area contributed by atoms with E-state index in [2.05, 4.69) is 4.99 Å². The average Bonchev–Trinajstić information content (AvgIpc) is 3.28. The van der Waals surface area contributed by atoms with Crippen molar-refractivity contribution in [3.63, 3.8) is 0 Å². The molecule has 0 saturated carbocycles. The summed E-state index contributed by atoms with van der Waals surface area (Å²) < 4.78 is 14.2. The van der Waals surface area contributed by atoms with Crippen LogP contribution in [0.25, 0.3) is 0 Å². The number of hydrogen-bond donors (Lipinski definition) is 0. The van der Waals surface area contributed by atoms with Crippen LogP contribution in [0.1, 0.15) is 11.1 Å². The third kappa shape index (κ3) is 4.69. The van der Waals surface area contributed by atoms with Crippen molar-refractivity contribution in [3.8, 4) is 0 Å². The fraction of sp³-hybridized carbons (Fsp3) is 0.241. The molecule has 38 heavy (non-hydrogen) atoms. The number of amides is 2. The summed E-state index contributed by atoms with van der Waals surface area (Å²) in [5, 5.41) is 0.604. The third-order valence-corrected chi connectivity index (χ3v) is 7.97. The molecule has 0 N–H and O–H groups in total. The van der Waals surface area contributed by atoms with Crippen LogP contribution in [-0.4, -0.2) is 70.6 Å². The third-order valence-electron chi connectivity index (χ3n) is 7.03. The molecule has 3 aliphatic rings. The van der Waals surface area contributed by atoms with Crippen LogP contribution in [0.15, 0.2) is 88.8 Å². The summed E-state index contributed by atoms with van der Waals surface area (Å²) in [4.78, 5) is 41.2. The summed E-state index contributed by atoms with van der Waals surface area (Å²) in [5.74, 6) is 0.324. The van der Waals surface area contributed by atoms with E-state index in [1.165, 1.54) is 17.8 Å². The van der Waals surface area contributed by atoms with Gasteiger partial charge in [-0.1, -0.05) is 66.4 Å². The number of carbonyl (C=O) groups is 2. The lowest BCUT2D eigenvalue weighted by molar-refractivity contribution is -0.128. The summed E-state index contributed by atoms with van der Waals surface area (Å²) >= 11 is 1.33. The fourth-order valence-corrected chi connectivity index (χ4v) is 6.01. The predicted molar refractivity (Wildman–Crippen MR) is 149 cm³/mol. The highest BCUT2D eigenvalue weighted by Crippen LogP contribution is 2.35. The average molecular weight is 528 g/mol. The first-order valence-electron chi connectivity index (χ1n) is 12.6. The number of hydrogen-bond acceptors (Lipinski definition) is 6. The molecule has 0 aliphatic carbocycles. The van der Waals surface area contributed by atoms with Crippen molar-refractivity contribution in [1.29, 1.82) is 0 Å². The zero-order valence-corrected chi connectivity index (χ0v) is 21.5. The zero-order chi connectivity index (χ0) is 26.1. The second-order valence-electron chi connectivity index (χ2n) is 9.37. The van der Waals surface area contributed by atoms with Crippen LogP contribution in [0, 0.1) is 5.82 Å². The molecule has 6 rings (SSSR count). The number of nitrogens with zero attached hydrogens (tertiary/aromatic N) is 5. The standard InChI is InChI=1S/C29H26FN5O2S/c30-22-11-5-7-13-24(22)33-14-16-34(17-15-33)26(36)19-38-29-31-23-12-6-4-10-21(23)27-32-28(37)25(35(27)29)18-20-8-2-1-3-9-20/h1-13,25H,14-19H2. The van der Waals surface area contributed by atoms with E-state index >= 15 is 0 Å². The molecule has 2 amide bonds. The van der Waals surface area contributed by atoms with Crippen molar-refractivity contribution < 1.29 is 14.0 Å². The second kappa shape index (κ2) is 10.4. The van der Waals surface area contributed by atoms with Gasteiger partial charge in [0.15, 0.2) is 5.17 Å². The van der Waals surface area contributed by atoms with E-state index in [4.69, 9.17) is 4.99 Å². The lowest BCUT2D eigenvalue weighted by Gasteiger charge is -2.36. The lowest BCUT2D eigenvalue weighted by atomic mass is 10.0. The highest BCUT2D eigenvalue weighted by molar-refractivity contribution is 8.14. The summed E-state index contributed by atoms with van der Waals surface area (Å²) in [6.07, 6.45) is 0.500. The van der Waals surface area contributed by atoms with Crippen molar-refractivity contribution in [3.05, 3.63) is 95.8 Å². The van der Waals surface area contributed by atoms with Gasteiger partial charge in [-0.2, -0.15) is 4.99 Å². The molecule has 1 atom stereocenters. The molecule has 1 fully saturated rings. The Balaban J connectivity index is 1.17. The van der Waals surface area contributed by atoms with Crippen molar-refractivity contribution in [2.45, 2.75) is 12.5 Å². The number of thioether (sulfide) groups is 1. The lowest BCUT2D eigenvalue weighted by Crippen LogP contribution is -2.50. The molecule has 0 spiro atoms. The Bertz CT molecular complexity index is 1440. The topological polar surface area (TPSA) is 68.6 Å². The Labute approximate surface area is 224 Å². The molecule has 9 heteroatoms. The Morgan fingerprint density at radius 2 is 1.61 bits per heavy atom. The molecule has 3 aromatic rings. The minimum atomic E-state index is -0.508. The Hall–Kier alpha value is -3.98. The van der Waals surface area contributed by atoms with Crippen molar-refractivity contribution in [1.82, 2.24) is 9.80 Å². The molecule has 0 aromatic heterocycles. The van der Waals surface area contributed by atoms with Gasteiger partial charge >= 0.3 is 0 Å². The smallest absolute Gasteiger partial charge is 0.271 e. The molecule has 0 radical (unpaired) electrons. The fourth-order valence-electron chi connectivity index (χ4n) is 5.06. The minimum absolute atomic E-state index is 0.00614. The van der Waals surface area contributed by atoms with Gasteiger partial charge in [0.05, 0.1) is 17.1 Å². The van der Waals surface area contributed by atoms with E-state index in [-0.39, 0.29) is 23.4 Å². The molecule has 1 saturated heterocycles. The van der Waals surface area contributed by atoms with Crippen molar-refractivity contribution >= 4 is 46.0 Å².